The van der Waals surface area contributed by atoms with Crippen molar-refractivity contribution in [2.24, 2.45) is 0 Å². The summed E-state index contributed by atoms with van der Waals surface area (Å²) in [6.07, 6.45) is 0. The smallest absolute Gasteiger partial charge is 0.196 e. The van der Waals surface area contributed by atoms with Crippen LogP contribution in [0.15, 0.2) is 59.5 Å². The topological polar surface area (TPSA) is 116 Å². The molecular weight excluding hydrogens is 374 g/mol. The van der Waals surface area contributed by atoms with E-state index < -0.39 is 0 Å². The Morgan fingerprint density at radius 2 is 1.64 bits per heavy atom. The van der Waals surface area contributed by atoms with Crippen LogP contribution in [0.1, 0.15) is 37.4 Å². The first kappa shape index (κ1) is 17.8. The minimum absolute atomic E-state index is 0.0617. The summed E-state index contributed by atoms with van der Waals surface area (Å²) in [7, 11) is 0. The fourth-order valence-corrected chi connectivity index (χ4v) is 3.66. The van der Waals surface area contributed by atoms with Gasteiger partial charge in [-0.25, -0.2) is 0 Å². The fourth-order valence-electron chi connectivity index (χ4n) is 3.29. The standard InChI is InChI=1S/C21H13N3O3S/c22-10-11-4-3-5-12(8-11)24-15-9-16(28-27)19(23)18-17(15)20(25)13-6-1-2-7-14(13)21(18)26/h1-9,24,27H,23H2. The number of hydrogen-bond donors (Lipinski definition) is 3. The van der Waals surface area contributed by atoms with Gasteiger partial charge in [0.1, 0.15) is 0 Å². The fraction of sp³-hybridized carbons (Fsp3) is 0. The van der Waals surface area contributed by atoms with E-state index in [2.05, 4.69) is 11.4 Å². The highest BCUT2D eigenvalue weighted by Gasteiger charge is 2.34. The van der Waals surface area contributed by atoms with E-state index in [4.69, 9.17) is 11.0 Å². The maximum absolute atomic E-state index is 13.2. The summed E-state index contributed by atoms with van der Waals surface area (Å²) in [6, 6.07) is 16.9. The lowest BCUT2D eigenvalue weighted by Gasteiger charge is -2.23. The lowest BCUT2D eigenvalue weighted by Crippen LogP contribution is -2.24. The van der Waals surface area contributed by atoms with Gasteiger partial charge in [-0.05, 0) is 24.3 Å². The van der Waals surface area contributed by atoms with E-state index in [-0.39, 0.29) is 38.8 Å². The quantitative estimate of drug-likeness (QED) is 0.356. The highest BCUT2D eigenvalue weighted by Crippen LogP contribution is 2.41. The zero-order valence-corrected chi connectivity index (χ0v) is 15.2. The van der Waals surface area contributed by atoms with Crippen LogP contribution in [-0.2, 0) is 0 Å². The third kappa shape index (κ3) is 2.72. The number of ketones is 2. The van der Waals surface area contributed by atoms with Gasteiger partial charge < -0.3 is 15.6 Å². The predicted molar refractivity (Wildman–Crippen MR) is 107 cm³/mol. The second kappa shape index (κ2) is 6.85. The van der Waals surface area contributed by atoms with E-state index in [0.717, 1.165) is 0 Å². The van der Waals surface area contributed by atoms with E-state index in [1.165, 1.54) is 6.07 Å². The molecule has 0 atom stereocenters. The van der Waals surface area contributed by atoms with Gasteiger partial charge in [-0.1, -0.05) is 30.3 Å². The Bertz CT molecular complexity index is 1200. The van der Waals surface area contributed by atoms with Crippen molar-refractivity contribution < 1.29 is 14.1 Å². The summed E-state index contributed by atoms with van der Waals surface area (Å²) < 4.78 is 9.61. The third-order valence-electron chi connectivity index (χ3n) is 4.57. The van der Waals surface area contributed by atoms with Crippen LogP contribution in [0.5, 0.6) is 0 Å². The maximum atomic E-state index is 13.2. The largest absolute Gasteiger partial charge is 0.397 e. The molecule has 4 rings (SSSR count). The van der Waals surface area contributed by atoms with Gasteiger partial charge in [-0.2, -0.15) is 5.26 Å². The van der Waals surface area contributed by atoms with Crippen LogP contribution in [0, 0.1) is 11.3 Å². The Balaban J connectivity index is 1.95. The molecule has 0 aliphatic heterocycles. The van der Waals surface area contributed by atoms with Crippen molar-refractivity contribution >= 4 is 40.7 Å². The number of nitrogens with zero attached hydrogens (tertiary/aromatic N) is 1. The predicted octanol–water partition coefficient (Wildman–Crippen LogP) is 4.22. The molecule has 0 saturated carbocycles. The molecule has 0 unspecified atom stereocenters. The molecule has 3 aromatic rings. The number of nitriles is 1. The number of hydrogen-bond acceptors (Lipinski definition) is 7. The monoisotopic (exact) mass is 387 g/mol. The number of anilines is 3. The third-order valence-corrected chi connectivity index (χ3v) is 5.10. The Morgan fingerprint density at radius 3 is 2.29 bits per heavy atom. The average Bonchev–Trinajstić information content (AvgIpc) is 2.73. The number of nitrogens with one attached hydrogen (secondary N) is 1. The lowest BCUT2D eigenvalue weighted by atomic mass is 9.82. The van der Waals surface area contributed by atoms with E-state index >= 15 is 0 Å². The van der Waals surface area contributed by atoms with Gasteiger partial charge in [-0.15, -0.1) is 0 Å². The van der Waals surface area contributed by atoms with Crippen molar-refractivity contribution in [1.29, 1.82) is 5.26 Å². The van der Waals surface area contributed by atoms with Crippen LogP contribution >= 0.6 is 12.0 Å². The highest BCUT2D eigenvalue weighted by molar-refractivity contribution is 7.94. The zero-order chi connectivity index (χ0) is 19.8. The van der Waals surface area contributed by atoms with Gasteiger partial charge in [0.05, 0.1) is 39.0 Å². The minimum atomic E-state index is -0.368. The molecule has 3 aromatic carbocycles. The summed E-state index contributed by atoms with van der Waals surface area (Å²) in [6.45, 7) is 0. The van der Waals surface area contributed by atoms with Gasteiger partial charge in [0, 0.05) is 28.9 Å². The van der Waals surface area contributed by atoms with Gasteiger partial charge in [0.15, 0.2) is 11.6 Å². The average molecular weight is 387 g/mol. The van der Waals surface area contributed by atoms with Crippen LogP contribution in [0.25, 0.3) is 0 Å². The Hall–Kier alpha value is -3.60. The van der Waals surface area contributed by atoms with Crippen molar-refractivity contribution in [3.8, 4) is 6.07 Å². The second-order valence-corrected chi connectivity index (χ2v) is 6.82. The first-order valence-corrected chi connectivity index (χ1v) is 9.06. The molecule has 1 aliphatic rings. The van der Waals surface area contributed by atoms with E-state index in [0.29, 0.717) is 34.5 Å². The summed E-state index contributed by atoms with van der Waals surface area (Å²) in [5.74, 6) is -0.697. The van der Waals surface area contributed by atoms with Gasteiger partial charge in [0.2, 0.25) is 0 Å². The number of carbonyl (C=O) groups is 2. The molecule has 0 saturated heterocycles. The molecule has 1 aliphatic carbocycles. The van der Waals surface area contributed by atoms with Crippen molar-refractivity contribution in [3.05, 3.63) is 82.4 Å². The molecule has 0 heterocycles. The SMILES string of the molecule is N#Cc1cccc(Nc2cc(SO)c(N)c3c2C(=O)c2ccccc2C3=O)c1. The van der Waals surface area contributed by atoms with Crippen molar-refractivity contribution in [1.82, 2.24) is 0 Å². The molecule has 7 heteroatoms. The summed E-state index contributed by atoms with van der Waals surface area (Å²) >= 11 is 0.404. The Labute approximate surface area is 164 Å². The number of fused-ring (bicyclic) bond motifs is 2. The van der Waals surface area contributed by atoms with Crippen molar-refractivity contribution in [3.63, 3.8) is 0 Å². The molecule has 0 fully saturated rings. The molecule has 28 heavy (non-hydrogen) atoms. The molecule has 0 bridgehead atoms. The van der Waals surface area contributed by atoms with Crippen LogP contribution in [0.2, 0.25) is 0 Å². The van der Waals surface area contributed by atoms with Crippen LogP contribution in [0.4, 0.5) is 17.1 Å². The van der Waals surface area contributed by atoms with E-state index in [1.807, 2.05) is 0 Å². The molecule has 136 valence electrons. The number of rotatable bonds is 3. The zero-order valence-electron chi connectivity index (χ0n) is 14.4. The van der Waals surface area contributed by atoms with Crippen molar-refractivity contribution in [2.75, 3.05) is 11.1 Å². The lowest BCUT2D eigenvalue weighted by molar-refractivity contribution is 0.0980. The van der Waals surface area contributed by atoms with Crippen molar-refractivity contribution in [2.45, 2.75) is 4.90 Å². The Morgan fingerprint density at radius 1 is 0.964 bits per heavy atom. The van der Waals surface area contributed by atoms with Gasteiger partial charge in [-0.3, -0.25) is 9.59 Å². The first-order valence-electron chi connectivity index (χ1n) is 8.28. The molecule has 6 nitrogen and oxygen atoms in total. The van der Waals surface area contributed by atoms with Crippen LogP contribution < -0.4 is 11.1 Å². The van der Waals surface area contributed by atoms with E-state index in [1.54, 1.807) is 48.5 Å². The summed E-state index contributed by atoms with van der Waals surface area (Å²) in [5.41, 5.74) is 8.33. The summed E-state index contributed by atoms with van der Waals surface area (Å²) in [4.78, 5) is 26.5. The molecular formula is C21H13N3O3S. The normalized spacial score (nSPS) is 12.1. The molecule has 0 aromatic heterocycles. The molecule has 0 spiro atoms. The number of benzene rings is 3. The molecule has 4 N–H and O–H groups in total. The molecule has 0 amide bonds. The Kier molecular flexibility index (Phi) is 4.35. The first-order chi connectivity index (χ1) is 13.5. The number of nitrogen functional groups attached to an aromatic ring is 1. The van der Waals surface area contributed by atoms with Crippen LogP contribution in [-0.4, -0.2) is 16.1 Å². The summed E-state index contributed by atoms with van der Waals surface area (Å²) in [5, 5.41) is 12.2. The molecule has 0 radical (unpaired) electrons. The minimum Gasteiger partial charge on any atom is -0.397 e. The van der Waals surface area contributed by atoms with Crippen LogP contribution in [0.3, 0.4) is 0 Å². The van der Waals surface area contributed by atoms with Gasteiger partial charge >= 0.3 is 0 Å². The second-order valence-electron chi connectivity index (χ2n) is 6.20. The number of carbonyl (C=O) groups excluding carboxylic acids is 2. The number of nitrogens with two attached hydrogens (primary N) is 1. The highest BCUT2D eigenvalue weighted by atomic mass is 32.2. The van der Waals surface area contributed by atoms with Gasteiger partial charge in [0.25, 0.3) is 0 Å². The maximum Gasteiger partial charge on any atom is 0.196 e. The van der Waals surface area contributed by atoms with E-state index in [9.17, 15) is 14.1 Å².